The Morgan fingerprint density at radius 2 is 2.11 bits per heavy atom. The third-order valence-corrected chi connectivity index (χ3v) is 4.30. The number of aryl methyl sites for hydroxylation is 1. The molecule has 1 unspecified atom stereocenters. The second-order valence-corrected chi connectivity index (χ2v) is 6.31. The first-order valence-corrected chi connectivity index (χ1v) is 7.43. The lowest BCUT2D eigenvalue weighted by Crippen LogP contribution is -2.34. The molecule has 1 N–H and O–H groups in total. The molecule has 0 bridgehead atoms. The smallest absolute Gasteiger partial charge is 0.122 e. The molecule has 1 aromatic carbocycles. The first kappa shape index (κ1) is 14.4. The molecule has 0 aromatic heterocycles. The summed E-state index contributed by atoms with van der Waals surface area (Å²) in [5, 5.41) is 3.68. The van der Waals surface area contributed by atoms with Crippen LogP contribution in [-0.2, 0) is 6.42 Å². The highest BCUT2D eigenvalue weighted by molar-refractivity contribution is 5.37. The maximum absolute atomic E-state index is 5.51. The van der Waals surface area contributed by atoms with Crippen molar-refractivity contribution in [1.29, 1.82) is 0 Å². The molecule has 0 amide bonds. The first-order valence-electron chi connectivity index (χ1n) is 7.43. The van der Waals surface area contributed by atoms with E-state index in [0.29, 0.717) is 5.41 Å². The van der Waals surface area contributed by atoms with Gasteiger partial charge in [0, 0.05) is 12.6 Å². The van der Waals surface area contributed by atoms with E-state index in [1.54, 1.807) is 7.11 Å². The summed E-state index contributed by atoms with van der Waals surface area (Å²) in [6, 6.07) is 7.26. The van der Waals surface area contributed by atoms with Crippen molar-refractivity contribution in [3.05, 3.63) is 29.3 Å². The Balaban J connectivity index is 2.08. The van der Waals surface area contributed by atoms with E-state index in [0.717, 1.165) is 24.8 Å². The van der Waals surface area contributed by atoms with Crippen molar-refractivity contribution in [3.8, 4) is 5.75 Å². The molecule has 0 saturated heterocycles. The Morgan fingerprint density at radius 1 is 1.37 bits per heavy atom. The number of hydrogen-bond acceptors (Lipinski definition) is 2. The van der Waals surface area contributed by atoms with Gasteiger partial charge in [-0.3, -0.25) is 0 Å². The van der Waals surface area contributed by atoms with Crippen LogP contribution in [-0.4, -0.2) is 19.7 Å². The van der Waals surface area contributed by atoms with Gasteiger partial charge in [0.2, 0.25) is 0 Å². The van der Waals surface area contributed by atoms with Gasteiger partial charge in [-0.05, 0) is 49.7 Å². The van der Waals surface area contributed by atoms with Crippen LogP contribution in [0.3, 0.4) is 0 Å². The van der Waals surface area contributed by atoms with Crippen molar-refractivity contribution in [3.63, 3.8) is 0 Å². The fourth-order valence-electron chi connectivity index (χ4n) is 2.50. The van der Waals surface area contributed by atoms with Crippen molar-refractivity contribution in [2.24, 2.45) is 5.41 Å². The van der Waals surface area contributed by atoms with Gasteiger partial charge in [0.15, 0.2) is 0 Å². The SMILES string of the molecule is CCC(C)(CNC1CC1)Cc1cc(C)ccc1OC. The Kier molecular flexibility index (Phi) is 4.51. The molecule has 19 heavy (non-hydrogen) atoms. The zero-order valence-corrected chi connectivity index (χ0v) is 12.8. The average Bonchev–Trinajstić information content (AvgIpc) is 3.21. The predicted octanol–water partition coefficient (Wildman–Crippen LogP) is 3.71. The minimum absolute atomic E-state index is 0.309. The highest BCUT2D eigenvalue weighted by atomic mass is 16.5. The van der Waals surface area contributed by atoms with E-state index in [9.17, 15) is 0 Å². The lowest BCUT2D eigenvalue weighted by Gasteiger charge is -2.29. The Bertz CT molecular complexity index is 425. The Labute approximate surface area is 117 Å². The maximum atomic E-state index is 5.51. The summed E-state index contributed by atoms with van der Waals surface area (Å²) in [6.45, 7) is 7.92. The largest absolute Gasteiger partial charge is 0.496 e. The third kappa shape index (κ3) is 3.97. The van der Waals surface area contributed by atoms with Gasteiger partial charge in [-0.15, -0.1) is 0 Å². The molecule has 0 heterocycles. The number of benzene rings is 1. The van der Waals surface area contributed by atoms with Gasteiger partial charge in [0.1, 0.15) is 5.75 Å². The lowest BCUT2D eigenvalue weighted by molar-refractivity contribution is 0.284. The molecule has 0 aliphatic heterocycles. The minimum atomic E-state index is 0.309. The molecule has 1 saturated carbocycles. The van der Waals surface area contributed by atoms with Gasteiger partial charge in [0.05, 0.1) is 7.11 Å². The fraction of sp³-hybridized carbons (Fsp3) is 0.647. The predicted molar refractivity (Wildman–Crippen MR) is 80.9 cm³/mol. The fourth-order valence-corrected chi connectivity index (χ4v) is 2.50. The molecule has 2 rings (SSSR count). The second kappa shape index (κ2) is 5.96. The lowest BCUT2D eigenvalue weighted by atomic mass is 9.80. The van der Waals surface area contributed by atoms with Crippen LogP contribution in [0.15, 0.2) is 18.2 Å². The van der Waals surface area contributed by atoms with Crippen LogP contribution in [0.2, 0.25) is 0 Å². The molecule has 1 aliphatic carbocycles. The summed E-state index contributed by atoms with van der Waals surface area (Å²) in [6.07, 6.45) is 4.97. The van der Waals surface area contributed by atoms with E-state index in [1.807, 2.05) is 0 Å². The maximum Gasteiger partial charge on any atom is 0.122 e. The molecular weight excluding hydrogens is 234 g/mol. The van der Waals surface area contributed by atoms with E-state index < -0.39 is 0 Å². The molecule has 1 aromatic rings. The average molecular weight is 261 g/mol. The quantitative estimate of drug-likeness (QED) is 0.808. The Hall–Kier alpha value is -1.02. The van der Waals surface area contributed by atoms with Gasteiger partial charge < -0.3 is 10.1 Å². The number of rotatable bonds is 7. The van der Waals surface area contributed by atoms with Crippen LogP contribution >= 0.6 is 0 Å². The van der Waals surface area contributed by atoms with Gasteiger partial charge in [-0.25, -0.2) is 0 Å². The summed E-state index contributed by atoms with van der Waals surface area (Å²) in [5.74, 6) is 1.02. The van der Waals surface area contributed by atoms with Gasteiger partial charge >= 0.3 is 0 Å². The van der Waals surface area contributed by atoms with Crippen LogP contribution in [0, 0.1) is 12.3 Å². The second-order valence-electron chi connectivity index (χ2n) is 6.31. The summed E-state index contributed by atoms with van der Waals surface area (Å²) in [4.78, 5) is 0. The van der Waals surface area contributed by atoms with E-state index >= 15 is 0 Å². The number of nitrogens with one attached hydrogen (secondary N) is 1. The molecule has 106 valence electrons. The first-order chi connectivity index (χ1) is 9.06. The third-order valence-electron chi connectivity index (χ3n) is 4.30. The highest BCUT2D eigenvalue weighted by Crippen LogP contribution is 2.32. The van der Waals surface area contributed by atoms with E-state index in [1.165, 1.54) is 30.4 Å². The van der Waals surface area contributed by atoms with Crippen LogP contribution in [0.25, 0.3) is 0 Å². The summed E-state index contributed by atoms with van der Waals surface area (Å²) in [5.41, 5.74) is 2.96. The van der Waals surface area contributed by atoms with Crippen molar-refractivity contribution < 1.29 is 4.74 Å². The molecule has 1 aliphatic rings. The van der Waals surface area contributed by atoms with Crippen LogP contribution in [0.4, 0.5) is 0 Å². The number of hydrogen-bond donors (Lipinski definition) is 1. The number of ether oxygens (including phenoxy) is 1. The zero-order chi connectivity index (χ0) is 13.9. The van der Waals surface area contributed by atoms with E-state index in [-0.39, 0.29) is 0 Å². The number of methoxy groups -OCH3 is 1. The van der Waals surface area contributed by atoms with Crippen LogP contribution < -0.4 is 10.1 Å². The van der Waals surface area contributed by atoms with E-state index in [4.69, 9.17) is 4.74 Å². The standard InChI is InChI=1S/C17H27NO/c1-5-17(3,12-18-15-7-8-15)11-14-10-13(2)6-9-16(14)19-4/h6,9-10,15,18H,5,7-8,11-12H2,1-4H3. The van der Waals surface area contributed by atoms with Gasteiger partial charge in [-0.2, -0.15) is 0 Å². The molecule has 1 atom stereocenters. The molecule has 0 spiro atoms. The molecular formula is C17H27NO. The molecule has 0 radical (unpaired) electrons. The molecule has 1 fully saturated rings. The van der Waals surface area contributed by atoms with Gasteiger partial charge in [0.25, 0.3) is 0 Å². The summed E-state index contributed by atoms with van der Waals surface area (Å²) >= 11 is 0. The van der Waals surface area contributed by atoms with Crippen LogP contribution in [0.1, 0.15) is 44.2 Å². The van der Waals surface area contributed by atoms with Crippen molar-refractivity contribution in [2.75, 3.05) is 13.7 Å². The van der Waals surface area contributed by atoms with E-state index in [2.05, 4.69) is 44.3 Å². The van der Waals surface area contributed by atoms with Crippen molar-refractivity contribution >= 4 is 0 Å². The van der Waals surface area contributed by atoms with Crippen molar-refractivity contribution in [1.82, 2.24) is 5.32 Å². The monoisotopic (exact) mass is 261 g/mol. The zero-order valence-electron chi connectivity index (χ0n) is 12.8. The summed E-state index contributed by atoms with van der Waals surface area (Å²) < 4.78 is 5.51. The van der Waals surface area contributed by atoms with Crippen LogP contribution in [0.5, 0.6) is 5.75 Å². The molecule has 2 heteroatoms. The minimum Gasteiger partial charge on any atom is -0.496 e. The van der Waals surface area contributed by atoms with Gasteiger partial charge in [-0.1, -0.05) is 31.5 Å². The highest BCUT2D eigenvalue weighted by Gasteiger charge is 2.28. The normalized spacial score (nSPS) is 18.1. The van der Waals surface area contributed by atoms with Crippen molar-refractivity contribution in [2.45, 2.75) is 52.5 Å². The summed E-state index contributed by atoms with van der Waals surface area (Å²) in [7, 11) is 1.76. The topological polar surface area (TPSA) is 21.3 Å². The Morgan fingerprint density at radius 3 is 2.68 bits per heavy atom. The molecule has 2 nitrogen and oxygen atoms in total.